The third-order valence-corrected chi connectivity index (χ3v) is 10.7. The van der Waals surface area contributed by atoms with Gasteiger partial charge in [0.2, 0.25) is 0 Å². The fourth-order valence-electron chi connectivity index (χ4n) is 5.66. The summed E-state index contributed by atoms with van der Waals surface area (Å²) in [6, 6.07) is 24.9. The minimum absolute atomic E-state index is 0. The molecule has 0 amide bonds. The van der Waals surface area contributed by atoms with Gasteiger partial charge in [-0.3, -0.25) is 0 Å². The van der Waals surface area contributed by atoms with Crippen molar-refractivity contribution in [2.45, 2.75) is 34.7 Å². The monoisotopic (exact) mass is 782 g/mol. The van der Waals surface area contributed by atoms with E-state index in [0.29, 0.717) is 47.5 Å². The Morgan fingerprint density at radius 2 is 1.21 bits per heavy atom. The van der Waals surface area contributed by atoms with Gasteiger partial charge in [-0.1, -0.05) is 54.6 Å². The standard InChI is InChI=1S/C36H34N2O9S3.2Na.2H2/c1-3-38(25-27-9-7-11-33(23-27)49(42,43)44)31-20-16-29(17-21-31)36(34-12-4-5-13-35(34)50(45,46)47)28-14-18-30(19-15-28)37(2)24-26-8-6-10-32(22-26)48(39,40)41;;;;/h4-23H,3,24-25H2,1-2H3,(H2-,39,40,41,42,43,44,45,46,47);;;2*1H/q;2*+1;;/p-2. The first-order chi connectivity index (χ1) is 23.5. The molecular formula is C36H36N2Na2O9S3. The van der Waals surface area contributed by atoms with Crippen LogP contribution in [0.15, 0.2) is 142 Å². The maximum Gasteiger partial charge on any atom is 1.00 e. The summed E-state index contributed by atoms with van der Waals surface area (Å²) >= 11 is 0. The van der Waals surface area contributed by atoms with Gasteiger partial charge in [0, 0.05) is 44.9 Å². The number of anilines is 1. The maximum atomic E-state index is 12.4. The van der Waals surface area contributed by atoms with Gasteiger partial charge >= 0.3 is 59.1 Å². The van der Waals surface area contributed by atoms with Crippen LogP contribution in [0.25, 0.3) is 5.57 Å². The van der Waals surface area contributed by atoms with Crippen molar-refractivity contribution in [2.24, 2.45) is 0 Å². The molecule has 0 bridgehead atoms. The van der Waals surface area contributed by atoms with E-state index < -0.39 is 30.4 Å². The minimum atomic E-state index is -4.86. The zero-order valence-corrected chi connectivity index (χ0v) is 35.4. The summed E-state index contributed by atoms with van der Waals surface area (Å²) in [7, 11) is -12.3. The smallest absolute Gasteiger partial charge is 0.744 e. The van der Waals surface area contributed by atoms with Gasteiger partial charge in [0.15, 0.2) is 12.3 Å². The first-order valence-corrected chi connectivity index (χ1v) is 19.5. The van der Waals surface area contributed by atoms with Gasteiger partial charge in [-0.05, 0) is 83.8 Å². The van der Waals surface area contributed by atoms with E-state index in [0.717, 1.165) is 11.4 Å². The van der Waals surface area contributed by atoms with Crippen LogP contribution in [0.5, 0.6) is 0 Å². The van der Waals surface area contributed by atoms with E-state index in [2.05, 4.69) is 0 Å². The van der Waals surface area contributed by atoms with Crippen LogP contribution in [0.1, 0.15) is 32.0 Å². The molecule has 1 aliphatic rings. The van der Waals surface area contributed by atoms with Crippen LogP contribution in [0, 0.1) is 0 Å². The summed E-state index contributed by atoms with van der Waals surface area (Å²) in [5.41, 5.74) is 4.71. The fraction of sp³-hybridized carbons (Fsp3) is 0.139. The van der Waals surface area contributed by atoms with Gasteiger partial charge in [0.05, 0.1) is 14.7 Å². The topological polar surface area (TPSA) is 178 Å². The van der Waals surface area contributed by atoms with E-state index in [1.165, 1.54) is 48.5 Å². The van der Waals surface area contributed by atoms with Gasteiger partial charge in [-0.15, -0.1) is 0 Å². The SMILES string of the molecule is CCN(Cc1cccc(S(=O)(=O)[O-])c1)c1ccc(C(=C2C=CC(=[N+](C)Cc3cccc(S(=O)(=O)[O-])c3)C=C2)c2ccccc2S(=O)(=O)[O-])cc1.[HH].[HH].[Na+].[Na+]. The molecule has 0 N–H and O–H groups in total. The number of hydrogen-bond acceptors (Lipinski definition) is 10. The normalized spacial score (nSPS) is 12.9. The molecule has 4 aromatic rings. The molecular weight excluding hydrogens is 747 g/mol. The molecule has 264 valence electrons. The predicted octanol–water partition coefficient (Wildman–Crippen LogP) is -0.863. The van der Waals surface area contributed by atoms with Crippen LogP contribution < -0.4 is 64.0 Å². The Hall–Kier alpha value is -2.70. The summed E-state index contributed by atoms with van der Waals surface area (Å²) in [6.45, 7) is 3.09. The Kier molecular flexibility index (Phi) is 15.2. The average Bonchev–Trinajstić information content (AvgIpc) is 3.07. The van der Waals surface area contributed by atoms with Crippen molar-refractivity contribution in [2.75, 3.05) is 18.5 Å². The summed E-state index contributed by atoms with van der Waals surface area (Å²) < 4.78 is 108. The Bertz CT molecular complexity index is 2400. The quantitative estimate of drug-likeness (QED) is 0.106. The Morgan fingerprint density at radius 1 is 0.673 bits per heavy atom. The maximum absolute atomic E-state index is 12.4. The number of hydrogen-bond donors (Lipinski definition) is 0. The Balaban J connectivity index is 0.00000364. The second kappa shape index (κ2) is 18.1. The molecule has 0 heterocycles. The molecule has 16 heteroatoms. The van der Waals surface area contributed by atoms with E-state index in [9.17, 15) is 38.9 Å². The second-order valence-electron chi connectivity index (χ2n) is 11.5. The van der Waals surface area contributed by atoms with Crippen LogP contribution in [-0.2, 0) is 43.4 Å². The molecule has 11 nitrogen and oxygen atoms in total. The van der Waals surface area contributed by atoms with Gasteiger partial charge < -0.3 is 18.6 Å². The van der Waals surface area contributed by atoms with Gasteiger partial charge in [-0.2, -0.15) is 0 Å². The number of nitrogens with zero attached hydrogens (tertiary/aromatic N) is 2. The summed E-state index contributed by atoms with van der Waals surface area (Å²) in [6.07, 6.45) is 7.19. The molecule has 0 radical (unpaired) electrons. The van der Waals surface area contributed by atoms with Crippen LogP contribution in [0.2, 0.25) is 0 Å². The van der Waals surface area contributed by atoms with Crippen LogP contribution in [0.4, 0.5) is 5.69 Å². The summed E-state index contributed by atoms with van der Waals surface area (Å²) in [5, 5.41) is 0. The van der Waals surface area contributed by atoms with Crippen molar-refractivity contribution >= 4 is 47.3 Å². The predicted molar refractivity (Wildman–Crippen MR) is 190 cm³/mol. The van der Waals surface area contributed by atoms with Gasteiger partial charge in [-0.25, -0.2) is 29.8 Å². The Morgan fingerprint density at radius 3 is 1.75 bits per heavy atom. The molecule has 1 aliphatic carbocycles. The molecule has 5 rings (SSSR count). The van der Waals surface area contributed by atoms with Gasteiger partial charge in [0.1, 0.15) is 37.4 Å². The van der Waals surface area contributed by atoms with E-state index in [4.69, 9.17) is 0 Å². The van der Waals surface area contributed by atoms with Crippen LogP contribution >= 0.6 is 0 Å². The second-order valence-corrected chi connectivity index (χ2v) is 15.6. The summed E-state index contributed by atoms with van der Waals surface area (Å²) in [5.74, 6) is 0. The van der Waals surface area contributed by atoms with Crippen LogP contribution in [0.3, 0.4) is 0 Å². The summed E-state index contributed by atoms with van der Waals surface area (Å²) in [4.78, 5) is 0.968. The number of rotatable bonds is 11. The van der Waals surface area contributed by atoms with Crippen molar-refractivity contribution in [1.82, 2.24) is 0 Å². The van der Waals surface area contributed by atoms with Crippen molar-refractivity contribution < 1.29 is 105 Å². The molecule has 4 aromatic carbocycles. The van der Waals surface area contributed by atoms with Crippen molar-refractivity contribution in [1.29, 1.82) is 0 Å². The number of benzene rings is 4. The van der Waals surface area contributed by atoms with Crippen molar-refractivity contribution in [3.05, 3.63) is 149 Å². The number of allylic oxidation sites excluding steroid dienone is 5. The van der Waals surface area contributed by atoms with Crippen molar-refractivity contribution in [3.63, 3.8) is 0 Å². The molecule has 0 saturated carbocycles. The van der Waals surface area contributed by atoms with Gasteiger partial charge in [0.25, 0.3) is 0 Å². The molecule has 0 aromatic heterocycles. The third kappa shape index (κ3) is 10.9. The fourth-order valence-corrected chi connectivity index (χ4v) is 7.43. The molecule has 0 saturated heterocycles. The Labute approximate surface area is 351 Å². The van der Waals surface area contributed by atoms with E-state index in [1.54, 1.807) is 67.7 Å². The first kappa shape index (κ1) is 43.7. The van der Waals surface area contributed by atoms with E-state index in [-0.39, 0.29) is 82.2 Å². The van der Waals surface area contributed by atoms with Crippen LogP contribution in [-0.4, -0.2) is 62.8 Å². The molecule has 0 atom stereocenters. The zero-order valence-electron chi connectivity index (χ0n) is 29.0. The average molecular weight is 783 g/mol. The van der Waals surface area contributed by atoms with Crippen molar-refractivity contribution in [3.8, 4) is 0 Å². The zero-order chi connectivity index (χ0) is 36.3. The van der Waals surface area contributed by atoms with E-state index in [1.807, 2.05) is 28.5 Å². The third-order valence-electron chi connectivity index (χ3n) is 8.09. The molecule has 0 unspecified atom stereocenters. The molecule has 0 fully saturated rings. The molecule has 0 spiro atoms. The first-order valence-electron chi connectivity index (χ1n) is 15.2. The van der Waals surface area contributed by atoms with E-state index >= 15 is 0 Å². The minimum Gasteiger partial charge on any atom is -0.744 e. The molecule has 0 aliphatic heterocycles. The largest absolute Gasteiger partial charge is 1.00 e. The molecule has 52 heavy (non-hydrogen) atoms.